The van der Waals surface area contributed by atoms with Crippen LogP contribution in [0.3, 0.4) is 0 Å². The molecule has 3 heteroatoms. The summed E-state index contributed by atoms with van der Waals surface area (Å²) >= 11 is 0. The van der Waals surface area contributed by atoms with Gasteiger partial charge < -0.3 is 15.0 Å². The summed E-state index contributed by atoms with van der Waals surface area (Å²) in [4.78, 5) is 2.55. The monoisotopic (exact) mass is 704 g/mol. The van der Waals surface area contributed by atoms with Gasteiger partial charge in [0.15, 0.2) is 5.75 Å². The minimum Gasteiger partial charge on any atom is -0.487 e. The van der Waals surface area contributed by atoms with Crippen molar-refractivity contribution in [3.8, 4) is 5.75 Å². The van der Waals surface area contributed by atoms with Crippen LogP contribution in [0, 0.1) is 17.8 Å². The molecule has 0 amide bonds. The summed E-state index contributed by atoms with van der Waals surface area (Å²) in [7, 11) is 0. The quantitative estimate of drug-likeness (QED) is 0.324. The lowest BCUT2D eigenvalue weighted by molar-refractivity contribution is 0.359. The third-order valence-electron chi connectivity index (χ3n) is 12.7. The second-order valence-corrected chi connectivity index (χ2v) is 15.8. The first-order valence-electron chi connectivity index (χ1n) is 20.0. The number of nitrogens with zero attached hydrogens (tertiary/aromatic N) is 1. The van der Waals surface area contributed by atoms with E-state index in [1.54, 1.807) is 5.57 Å². The molecule has 0 bridgehead atoms. The van der Waals surface area contributed by atoms with E-state index in [1.165, 1.54) is 56.1 Å². The van der Waals surface area contributed by atoms with Crippen LogP contribution in [0.15, 0.2) is 168 Å². The molecule has 0 aromatic heterocycles. The molecule has 0 saturated carbocycles. The molecule has 4 unspecified atom stereocenters. The first-order valence-corrected chi connectivity index (χ1v) is 20.0. The summed E-state index contributed by atoms with van der Waals surface area (Å²) in [6.45, 7) is 9.88. The lowest BCUT2D eigenvalue weighted by Gasteiger charge is -2.29. The molecule has 2 aromatic carbocycles. The maximum absolute atomic E-state index is 6.46. The highest BCUT2D eigenvalue weighted by Gasteiger charge is 2.41. The third kappa shape index (κ3) is 5.39. The molecular weight excluding hydrogens is 657 g/mol. The summed E-state index contributed by atoms with van der Waals surface area (Å²) in [6.07, 6.45) is 43.5. The van der Waals surface area contributed by atoms with E-state index in [1.807, 2.05) is 0 Å². The highest BCUT2D eigenvalue weighted by Crippen LogP contribution is 2.56. The second-order valence-electron chi connectivity index (χ2n) is 15.8. The zero-order chi connectivity index (χ0) is 36.3. The molecule has 0 radical (unpaired) electrons. The number of ether oxygens (including phenoxy) is 1. The zero-order valence-corrected chi connectivity index (χ0v) is 31.4. The van der Waals surface area contributed by atoms with E-state index in [4.69, 9.17) is 11.3 Å². The first-order chi connectivity index (χ1) is 26.6. The molecule has 2 aromatic rings. The highest BCUT2D eigenvalue weighted by atomic mass is 16.5. The molecule has 6 aliphatic carbocycles. The lowest BCUT2D eigenvalue weighted by atomic mass is 9.78. The summed E-state index contributed by atoms with van der Waals surface area (Å²) in [5.74, 6) is 2.62. The normalized spacial score (nSPS) is 27.2. The van der Waals surface area contributed by atoms with Crippen molar-refractivity contribution in [1.29, 1.82) is 0 Å². The molecule has 10 rings (SSSR count). The van der Waals surface area contributed by atoms with Crippen molar-refractivity contribution in [2.45, 2.75) is 58.3 Å². The molecule has 0 spiro atoms. The molecule has 54 heavy (non-hydrogen) atoms. The Morgan fingerprint density at radius 3 is 2.67 bits per heavy atom. The second kappa shape index (κ2) is 13.4. The number of anilines is 2. The molecule has 2 aliphatic heterocycles. The standard InChI is InChI=1S/C51H48N2O/c1-4-34-14-8-9-15-35(34)29-33(3)43-30-36(37-22-26-47-44(31-37)49-32(2)13-12-20-48(49)53(47)38-16-6-5-7-17-38)21-24-45(43)52-46-25-23-41-39-18-10-11-19-40(39)42-27-28-54-51(46)50(41)42/h4,6,9-12,15-27,29-30,32,39-40,44,52H,3,5,7-8,13-14,28,31H2,1-2H3/b34-4-,35-29-. The van der Waals surface area contributed by atoms with Crippen LogP contribution in [0.2, 0.25) is 0 Å². The van der Waals surface area contributed by atoms with Gasteiger partial charge in [-0.3, -0.25) is 0 Å². The average molecular weight is 705 g/mol. The number of rotatable bonds is 6. The van der Waals surface area contributed by atoms with Crippen LogP contribution in [0.4, 0.5) is 11.4 Å². The van der Waals surface area contributed by atoms with E-state index in [0.717, 1.165) is 66.8 Å². The fourth-order valence-corrected chi connectivity index (χ4v) is 10.1. The first kappa shape index (κ1) is 33.1. The summed E-state index contributed by atoms with van der Waals surface area (Å²) in [5.41, 5.74) is 19.2. The van der Waals surface area contributed by atoms with Gasteiger partial charge in [0.1, 0.15) is 6.61 Å². The van der Waals surface area contributed by atoms with E-state index in [2.05, 4.69) is 152 Å². The predicted octanol–water partition coefficient (Wildman–Crippen LogP) is 13.0. The Kier molecular flexibility index (Phi) is 8.20. The van der Waals surface area contributed by atoms with Crippen molar-refractivity contribution >= 4 is 28.1 Å². The Labute approximate surface area is 320 Å². The SMILES string of the molecule is C=C(/C=C1/C=CCC/C1=C/C)c1cc(C2=CC=C3C(C2)C2=C(C=CCC2C)N3C2=CCCC=C2)ccc1Nc1ccc2c3c1OCC=C3C1C=CC=CC21. The summed E-state index contributed by atoms with van der Waals surface area (Å²) in [5, 5.41) is 3.88. The number of nitrogens with one attached hydrogen (secondary N) is 1. The van der Waals surface area contributed by atoms with E-state index < -0.39 is 0 Å². The molecule has 268 valence electrons. The van der Waals surface area contributed by atoms with Gasteiger partial charge in [-0.25, -0.2) is 0 Å². The predicted molar refractivity (Wildman–Crippen MR) is 226 cm³/mol. The Balaban J connectivity index is 1.05. The van der Waals surface area contributed by atoms with Gasteiger partial charge in [-0.2, -0.15) is 0 Å². The fraction of sp³-hybridized carbons (Fsp3) is 0.255. The van der Waals surface area contributed by atoms with Crippen molar-refractivity contribution in [3.05, 3.63) is 190 Å². The molecule has 1 N–H and O–H groups in total. The Morgan fingerprint density at radius 1 is 0.926 bits per heavy atom. The van der Waals surface area contributed by atoms with Gasteiger partial charge in [0, 0.05) is 51.7 Å². The van der Waals surface area contributed by atoms with Crippen molar-refractivity contribution in [2.75, 3.05) is 11.9 Å². The number of hydrogen-bond acceptors (Lipinski definition) is 3. The van der Waals surface area contributed by atoms with Crippen LogP contribution >= 0.6 is 0 Å². The van der Waals surface area contributed by atoms with Gasteiger partial charge >= 0.3 is 0 Å². The maximum atomic E-state index is 6.46. The van der Waals surface area contributed by atoms with Crippen LogP contribution in [0.1, 0.15) is 80.5 Å². The van der Waals surface area contributed by atoms with Gasteiger partial charge in [-0.1, -0.05) is 92.5 Å². The van der Waals surface area contributed by atoms with Crippen molar-refractivity contribution in [2.24, 2.45) is 17.8 Å². The van der Waals surface area contributed by atoms with E-state index >= 15 is 0 Å². The lowest BCUT2D eigenvalue weighted by Crippen LogP contribution is -2.20. The van der Waals surface area contributed by atoms with Crippen LogP contribution in [0.25, 0.3) is 16.7 Å². The zero-order valence-electron chi connectivity index (χ0n) is 31.4. The van der Waals surface area contributed by atoms with Crippen LogP contribution in [-0.2, 0) is 0 Å². The van der Waals surface area contributed by atoms with Crippen molar-refractivity contribution in [3.63, 3.8) is 0 Å². The molecule has 3 nitrogen and oxygen atoms in total. The number of benzene rings is 2. The van der Waals surface area contributed by atoms with Gasteiger partial charge in [-0.05, 0) is 145 Å². The smallest absolute Gasteiger partial charge is 0.151 e. The van der Waals surface area contributed by atoms with E-state index in [0.29, 0.717) is 30.3 Å². The van der Waals surface area contributed by atoms with E-state index in [-0.39, 0.29) is 0 Å². The fourth-order valence-electron chi connectivity index (χ4n) is 10.1. The van der Waals surface area contributed by atoms with Gasteiger partial charge in [-0.15, -0.1) is 0 Å². The van der Waals surface area contributed by atoms with Gasteiger partial charge in [0.25, 0.3) is 0 Å². The molecule has 0 fully saturated rings. The van der Waals surface area contributed by atoms with Gasteiger partial charge in [0.2, 0.25) is 0 Å². The molecule has 8 aliphatic rings. The molecule has 4 atom stereocenters. The number of allylic oxidation sites excluding steroid dienone is 21. The Hall–Kier alpha value is -5.54. The summed E-state index contributed by atoms with van der Waals surface area (Å²) in [6, 6.07) is 11.5. The number of hydrogen-bond donors (Lipinski definition) is 1. The largest absolute Gasteiger partial charge is 0.487 e. The third-order valence-corrected chi connectivity index (χ3v) is 12.7. The molecule has 2 heterocycles. The van der Waals surface area contributed by atoms with Crippen molar-refractivity contribution in [1.82, 2.24) is 4.90 Å². The maximum Gasteiger partial charge on any atom is 0.151 e. The minimum atomic E-state index is 0.372. The van der Waals surface area contributed by atoms with Crippen LogP contribution in [-0.4, -0.2) is 11.5 Å². The summed E-state index contributed by atoms with van der Waals surface area (Å²) < 4.78 is 6.46. The van der Waals surface area contributed by atoms with Crippen molar-refractivity contribution < 1.29 is 4.74 Å². The van der Waals surface area contributed by atoms with Crippen LogP contribution in [0.5, 0.6) is 5.75 Å². The number of fused-ring (bicyclic) bond motifs is 5. The van der Waals surface area contributed by atoms with E-state index in [9.17, 15) is 0 Å². The van der Waals surface area contributed by atoms with Crippen LogP contribution < -0.4 is 10.1 Å². The van der Waals surface area contributed by atoms with Gasteiger partial charge in [0.05, 0.1) is 5.69 Å². The Morgan fingerprint density at radius 2 is 1.80 bits per heavy atom. The molecule has 0 saturated heterocycles. The average Bonchev–Trinajstić information content (AvgIpc) is 3.73. The minimum absolute atomic E-state index is 0.372. The Bertz CT molecular complexity index is 2370. The molecular formula is C51H48N2O. The topological polar surface area (TPSA) is 24.5 Å². The highest BCUT2D eigenvalue weighted by molar-refractivity contribution is 5.91.